The first-order chi connectivity index (χ1) is 16.4. The predicted molar refractivity (Wildman–Crippen MR) is 129 cm³/mol. The van der Waals surface area contributed by atoms with Crippen LogP contribution in [-0.2, 0) is 16.2 Å². The number of carbonyl (C=O) groups is 2. The van der Waals surface area contributed by atoms with Gasteiger partial charge in [-0.05, 0) is 73.9 Å². The Morgan fingerprint density at radius 1 is 0.941 bits per heavy atom. The Morgan fingerprint density at radius 2 is 1.74 bits per heavy atom. The van der Waals surface area contributed by atoms with Gasteiger partial charge in [0.05, 0.1) is 12.8 Å². The minimum atomic E-state index is -0.899. The van der Waals surface area contributed by atoms with Crippen LogP contribution in [0.3, 0.4) is 0 Å². The van der Waals surface area contributed by atoms with Crippen molar-refractivity contribution in [2.24, 2.45) is 5.10 Å². The van der Waals surface area contributed by atoms with Crippen LogP contribution in [0.15, 0.2) is 65.8 Å². The minimum Gasteiger partial charge on any atom is -0.490 e. The van der Waals surface area contributed by atoms with E-state index in [0.717, 1.165) is 11.1 Å². The second-order valence-corrected chi connectivity index (χ2v) is 7.47. The van der Waals surface area contributed by atoms with Crippen LogP contribution in [0.1, 0.15) is 29.2 Å². The lowest BCUT2D eigenvalue weighted by atomic mass is 10.1. The van der Waals surface area contributed by atoms with Crippen LogP contribution in [0, 0.1) is 19.7 Å². The molecule has 0 spiro atoms. The van der Waals surface area contributed by atoms with E-state index in [2.05, 4.69) is 15.8 Å². The summed E-state index contributed by atoms with van der Waals surface area (Å²) in [7, 11) is 0. The second-order valence-electron chi connectivity index (χ2n) is 7.47. The molecule has 8 heteroatoms. The Morgan fingerprint density at radius 3 is 2.47 bits per heavy atom. The van der Waals surface area contributed by atoms with Crippen LogP contribution in [0.25, 0.3) is 0 Å². The smallest absolute Gasteiger partial charge is 0.329 e. The maximum absolute atomic E-state index is 13.8. The molecule has 0 heterocycles. The number of aryl methyl sites for hydroxylation is 2. The molecule has 0 radical (unpaired) electrons. The summed E-state index contributed by atoms with van der Waals surface area (Å²) in [4.78, 5) is 24.1. The standard InChI is InChI=1S/C26H26FN3O4/c1-4-33-24-14-19(10-12-23(24)34-16-20-7-5-6-8-22(20)27)15-28-30-26(32)25(31)29-21-11-9-17(2)18(3)13-21/h5-15H,4,16H2,1-3H3,(H,29,31)(H,30,32)/b28-15+. The average Bonchev–Trinajstić information content (AvgIpc) is 2.82. The van der Waals surface area contributed by atoms with E-state index in [-0.39, 0.29) is 12.4 Å². The van der Waals surface area contributed by atoms with Gasteiger partial charge in [0.2, 0.25) is 0 Å². The van der Waals surface area contributed by atoms with E-state index in [1.54, 1.807) is 48.5 Å². The van der Waals surface area contributed by atoms with Crippen molar-refractivity contribution in [3.8, 4) is 11.5 Å². The highest BCUT2D eigenvalue weighted by molar-refractivity contribution is 6.39. The summed E-state index contributed by atoms with van der Waals surface area (Å²) in [5, 5.41) is 6.38. The first-order valence-electron chi connectivity index (χ1n) is 10.7. The lowest BCUT2D eigenvalue weighted by Crippen LogP contribution is -2.32. The van der Waals surface area contributed by atoms with Crippen molar-refractivity contribution >= 4 is 23.7 Å². The fraction of sp³-hybridized carbons (Fsp3) is 0.192. The summed E-state index contributed by atoms with van der Waals surface area (Å²) in [6.07, 6.45) is 1.38. The Hall–Kier alpha value is -4.20. The molecule has 0 fully saturated rings. The fourth-order valence-corrected chi connectivity index (χ4v) is 2.99. The molecule has 3 rings (SSSR count). The molecule has 0 aliphatic rings. The van der Waals surface area contributed by atoms with Crippen molar-refractivity contribution in [3.05, 3.63) is 88.7 Å². The van der Waals surface area contributed by atoms with E-state index in [0.29, 0.717) is 34.9 Å². The van der Waals surface area contributed by atoms with Crippen molar-refractivity contribution in [1.29, 1.82) is 0 Å². The highest BCUT2D eigenvalue weighted by atomic mass is 19.1. The summed E-state index contributed by atoms with van der Waals surface area (Å²) in [5.74, 6) is -1.18. The molecule has 7 nitrogen and oxygen atoms in total. The molecule has 0 atom stereocenters. The zero-order valence-corrected chi connectivity index (χ0v) is 19.2. The van der Waals surface area contributed by atoms with Gasteiger partial charge in [-0.15, -0.1) is 0 Å². The SMILES string of the molecule is CCOc1cc(/C=N/NC(=O)C(=O)Nc2ccc(C)c(C)c2)ccc1OCc1ccccc1F. The number of carbonyl (C=O) groups excluding carboxylic acids is 2. The van der Waals surface area contributed by atoms with Gasteiger partial charge in [0, 0.05) is 11.3 Å². The summed E-state index contributed by atoms with van der Waals surface area (Å²) < 4.78 is 25.2. The van der Waals surface area contributed by atoms with E-state index >= 15 is 0 Å². The highest BCUT2D eigenvalue weighted by Crippen LogP contribution is 2.29. The van der Waals surface area contributed by atoms with Gasteiger partial charge in [-0.3, -0.25) is 9.59 Å². The molecule has 2 N–H and O–H groups in total. The average molecular weight is 464 g/mol. The molecular formula is C26H26FN3O4. The number of nitrogens with one attached hydrogen (secondary N) is 2. The van der Waals surface area contributed by atoms with E-state index in [1.807, 2.05) is 26.8 Å². The van der Waals surface area contributed by atoms with E-state index in [4.69, 9.17) is 9.47 Å². The number of benzene rings is 3. The molecule has 0 aliphatic carbocycles. The third-order valence-corrected chi connectivity index (χ3v) is 4.96. The molecule has 3 aromatic rings. The first kappa shape index (κ1) is 24.4. The van der Waals surface area contributed by atoms with Crippen molar-refractivity contribution in [2.75, 3.05) is 11.9 Å². The van der Waals surface area contributed by atoms with Crippen LogP contribution in [-0.4, -0.2) is 24.6 Å². The third kappa shape index (κ3) is 6.65. The Balaban J connectivity index is 1.60. The maximum atomic E-state index is 13.8. The molecular weight excluding hydrogens is 437 g/mol. The van der Waals surface area contributed by atoms with Crippen LogP contribution in [0.5, 0.6) is 11.5 Å². The van der Waals surface area contributed by atoms with Gasteiger partial charge in [0.1, 0.15) is 12.4 Å². The molecule has 2 amide bonds. The third-order valence-electron chi connectivity index (χ3n) is 4.96. The van der Waals surface area contributed by atoms with E-state index < -0.39 is 11.8 Å². The van der Waals surface area contributed by atoms with Crippen LogP contribution in [0.2, 0.25) is 0 Å². The number of hydrogen-bond donors (Lipinski definition) is 2. The Kier molecular flexibility index (Phi) is 8.34. The van der Waals surface area contributed by atoms with E-state index in [1.165, 1.54) is 12.3 Å². The lowest BCUT2D eigenvalue weighted by molar-refractivity contribution is -0.136. The van der Waals surface area contributed by atoms with Crippen molar-refractivity contribution in [2.45, 2.75) is 27.4 Å². The van der Waals surface area contributed by atoms with Gasteiger partial charge in [-0.2, -0.15) is 5.10 Å². The van der Waals surface area contributed by atoms with Gasteiger partial charge < -0.3 is 14.8 Å². The highest BCUT2D eigenvalue weighted by Gasteiger charge is 2.13. The summed E-state index contributed by atoms with van der Waals surface area (Å²) >= 11 is 0. The van der Waals surface area contributed by atoms with Gasteiger partial charge in [-0.1, -0.05) is 24.3 Å². The van der Waals surface area contributed by atoms with Crippen molar-refractivity contribution in [3.63, 3.8) is 0 Å². The number of halogens is 1. The molecule has 0 saturated heterocycles. The van der Waals surface area contributed by atoms with Crippen molar-refractivity contribution in [1.82, 2.24) is 5.43 Å². The molecule has 0 aromatic heterocycles. The maximum Gasteiger partial charge on any atom is 0.329 e. The van der Waals surface area contributed by atoms with Gasteiger partial charge in [0.15, 0.2) is 11.5 Å². The molecule has 3 aromatic carbocycles. The van der Waals surface area contributed by atoms with Crippen LogP contribution >= 0.6 is 0 Å². The quantitative estimate of drug-likeness (QED) is 0.292. The molecule has 0 aliphatic heterocycles. The lowest BCUT2D eigenvalue weighted by Gasteiger charge is -2.13. The zero-order chi connectivity index (χ0) is 24.5. The van der Waals surface area contributed by atoms with Gasteiger partial charge in [-0.25, -0.2) is 9.82 Å². The summed E-state index contributed by atoms with van der Waals surface area (Å²) in [5.41, 5.74) is 5.85. The minimum absolute atomic E-state index is 0.0475. The number of anilines is 1. The molecule has 0 saturated carbocycles. The number of rotatable bonds is 8. The Bertz CT molecular complexity index is 1210. The number of nitrogens with zero attached hydrogens (tertiary/aromatic N) is 1. The fourth-order valence-electron chi connectivity index (χ4n) is 2.99. The normalized spacial score (nSPS) is 10.7. The number of amides is 2. The second kappa shape index (κ2) is 11.6. The van der Waals surface area contributed by atoms with E-state index in [9.17, 15) is 14.0 Å². The summed E-state index contributed by atoms with van der Waals surface area (Å²) in [6, 6.07) is 16.8. The number of ether oxygens (including phenoxy) is 2. The number of hydrogen-bond acceptors (Lipinski definition) is 5. The molecule has 0 bridgehead atoms. The predicted octanol–water partition coefficient (Wildman–Crippen LogP) is 4.51. The topological polar surface area (TPSA) is 89.0 Å². The zero-order valence-electron chi connectivity index (χ0n) is 19.2. The number of hydrazone groups is 1. The molecule has 0 unspecified atom stereocenters. The molecule has 34 heavy (non-hydrogen) atoms. The summed E-state index contributed by atoms with van der Waals surface area (Å²) in [6.45, 7) is 6.15. The van der Waals surface area contributed by atoms with Crippen molar-refractivity contribution < 1.29 is 23.5 Å². The Labute approximate surface area is 197 Å². The molecule has 176 valence electrons. The monoisotopic (exact) mass is 463 g/mol. The van der Waals surface area contributed by atoms with Gasteiger partial charge >= 0.3 is 11.8 Å². The van der Waals surface area contributed by atoms with Crippen LogP contribution in [0.4, 0.5) is 10.1 Å². The first-order valence-corrected chi connectivity index (χ1v) is 10.7. The van der Waals surface area contributed by atoms with Crippen LogP contribution < -0.4 is 20.2 Å². The van der Waals surface area contributed by atoms with Gasteiger partial charge in [0.25, 0.3) is 0 Å². The largest absolute Gasteiger partial charge is 0.490 e.